The van der Waals surface area contributed by atoms with Gasteiger partial charge >= 0.3 is 0 Å². The number of piperidine rings is 1. The van der Waals surface area contributed by atoms with Crippen molar-refractivity contribution >= 4 is 17.7 Å². The molecule has 0 N–H and O–H groups in total. The van der Waals surface area contributed by atoms with Gasteiger partial charge in [0.25, 0.3) is 0 Å². The molecule has 2 aromatic carbocycles. The van der Waals surface area contributed by atoms with Crippen molar-refractivity contribution in [3.63, 3.8) is 0 Å². The lowest BCUT2D eigenvalue weighted by atomic mass is 9.97. The summed E-state index contributed by atoms with van der Waals surface area (Å²) in [7, 11) is 0. The molecule has 0 aliphatic carbocycles. The Hall–Kier alpha value is -2.12. The predicted octanol–water partition coefficient (Wildman–Crippen LogP) is 6.77. The van der Waals surface area contributed by atoms with Gasteiger partial charge in [-0.25, -0.2) is 0 Å². The molecule has 42 heavy (non-hydrogen) atoms. The minimum absolute atomic E-state index is 0.265. The number of carbonyl (C=O) groups is 1. The first-order valence-electron chi connectivity index (χ1n) is 16.3. The number of rotatable bonds is 14. The molecule has 6 heteroatoms. The Labute approximate surface area is 259 Å². The SMILES string of the molecule is CCCOC/C=C\SCC(=O)N1CCC(N2CCN([C@@H](C)c3ccc(CCc4ccc(CC)cc4)cc3)[C@H](C)C2)CC1. The molecule has 0 unspecified atom stereocenters. The molecular formula is C36H53N3O2S. The highest BCUT2D eigenvalue weighted by molar-refractivity contribution is 8.02. The minimum Gasteiger partial charge on any atom is -0.377 e. The molecule has 2 atom stereocenters. The maximum absolute atomic E-state index is 12.7. The normalized spacial score (nSPS) is 19.9. The second-order valence-corrected chi connectivity index (χ2v) is 12.9. The third-order valence-electron chi connectivity index (χ3n) is 9.10. The van der Waals surface area contributed by atoms with Gasteiger partial charge in [0, 0.05) is 57.5 Å². The van der Waals surface area contributed by atoms with E-state index in [9.17, 15) is 4.79 Å². The summed E-state index contributed by atoms with van der Waals surface area (Å²) >= 11 is 1.58. The van der Waals surface area contributed by atoms with E-state index in [0.717, 1.165) is 77.9 Å². The maximum atomic E-state index is 12.7. The number of hydrogen-bond donors (Lipinski definition) is 0. The van der Waals surface area contributed by atoms with Crippen molar-refractivity contribution in [3.8, 4) is 0 Å². The van der Waals surface area contributed by atoms with E-state index in [2.05, 4.69) is 90.9 Å². The molecule has 2 aliphatic heterocycles. The van der Waals surface area contributed by atoms with Crippen LogP contribution in [0, 0.1) is 0 Å². The molecule has 4 rings (SSSR count). The number of likely N-dealkylation sites (tertiary alicyclic amines) is 1. The van der Waals surface area contributed by atoms with Gasteiger partial charge in [0.05, 0.1) is 12.4 Å². The summed E-state index contributed by atoms with van der Waals surface area (Å²) in [5, 5.41) is 2.00. The second kappa shape index (κ2) is 17.2. The first-order chi connectivity index (χ1) is 20.5. The van der Waals surface area contributed by atoms with Crippen molar-refractivity contribution in [2.75, 3.05) is 51.7 Å². The summed E-state index contributed by atoms with van der Waals surface area (Å²) in [5.41, 5.74) is 5.66. The fourth-order valence-corrected chi connectivity index (χ4v) is 7.02. The number of nitrogens with zero attached hydrogens (tertiary/aromatic N) is 3. The zero-order valence-electron chi connectivity index (χ0n) is 26.5. The quantitative estimate of drug-likeness (QED) is 0.227. The van der Waals surface area contributed by atoms with Crippen LogP contribution in [0.15, 0.2) is 60.0 Å². The van der Waals surface area contributed by atoms with E-state index in [4.69, 9.17) is 4.74 Å². The average molecular weight is 592 g/mol. The van der Waals surface area contributed by atoms with Gasteiger partial charge in [-0.15, -0.1) is 11.8 Å². The summed E-state index contributed by atoms with van der Waals surface area (Å²) in [6.45, 7) is 15.6. The van der Waals surface area contributed by atoms with Crippen LogP contribution in [0.4, 0.5) is 0 Å². The van der Waals surface area contributed by atoms with E-state index >= 15 is 0 Å². The number of amides is 1. The first kappa shape index (κ1) is 32.8. The minimum atomic E-state index is 0.265. The van der Waals surface area contributed by atoms with Crippen LogP contribution >= 0.6 is 11.8 Å². The van der Waals surface area contributed by atoms with E-state index in [1.54, 1.807) is 11.8 Å². The van der Waals surface area contributed by atoms with Gasteiger partial charge in [0.15, 0.2) is 0 Å². The topological polar surface area (TPSA) is 36.0 Å². The highest BCUT2D eigenvalue weighted by Gasteiger charge is 2.33. The van der Waals surface area contributed by atoms with E-state index in [-0.39, 0.29) is 5.91 Å². The lowest BCUT2D eigenvalue weighted by Crippen LogP contribution is -2.57. The standard InChI is InChI=1S/C36H53N3O2S/c1-5-24-41-25-7-26-42-28-36(40)37-20-18-35(19-21-37)38-22-23-39(29(3)27-38)30(4)34-16-14-33(15-17-34)13-12-32-10-8-31(6-2)9-11-32/h7-11,14-17,26,29-30,35H,5-6,12-13,18-25,27-28H2,1-4H3/b26-7-/t29-,30+/m1/s1. The van der Waals surface area contributed by atoms with Crippen LogP contribution in [-0.4, -0.2) is 84.4 Å². The molecule has 0 spiro atoms. The van der Waals surface area contributed by atoms with E-state index in [1.807, 2.05) is 11.5 Å². The predicted molar refractivity (Wildman–Crippen MR) is 178 cm³/mol. The Morgan fingerprint density at radius 2 is 1.60 bits per heavy atom. The molecule has 2 aliphatic rings. The molecule has 2 fully saturated rings. The lowest BCUT2D eigenvalue weighted by Gasteiger charge is -2.47. The van der Waals surface area contributed by atoms with Crippen molar-refractivity contribution in [2.24, 2.45) is 0 Å². The van der Waals surface area contributed by atoms with Gasteiger partial charge in [-0.05, 0) is 80.0 Å². The summed E-state index contributed by atoms with van der Waals surface area (Å²) in [6, 6.07) is 20.0. The Bertz CT molecular complexity index is 1100. The zero-order valence-corrected chi connectivity index (χ0v) is 27.3. The first-order valence-corrected chi connectivity index (χ1v) is 17.3. The molecular weight excluding hydrogens is 538 g/mol. The highest BCUT2D eigenvalue weighted by atomic mass is 32.2. The molecule has 5 nitrogen and oxygen atoms in total. The molecule has 1 amide bonds. The van der Waals surface area contributed by atoms with Crippen LogP contribution in [0.2, 0.25) is 0 Å². The van der Waals surface area contributed by atoms with Gasteiger partial charge in [-0.3, -0.25) is 14.6 Å². The number of carbonyl (C=O) groups excluding carboxylic acids is 1. The average Bonchev–Trinajstić information content (AvgIpc) is 3.03. The molecule has 230 valence electrons. The molecule has 0 bridgehead atoms. The van der Waals surface area contributed by atoms with Crippen LogP contribution in [-0.2, 0) is 28.8 Å². The highest BCUT2D eigenvalue weighted by Crippen LogP contribution is 2.28. The fraction of sp³-hybridized carbons (Fsp3) is 0.583. The van der Waals surface area contributed by atoms with Gasteiger partial charge in [-0.1, -0.05) is 68.5 Å². The van der Waals surface area contributed by atoms with Crippen molar-refractivity contribution in [1.82, 2.24) is 14.7 Å². The van der Waals surface area contributed by atoms with Crippen molar-refractivity contribution in [3.05, 3.63) is 82.3 Å². The number of piperazine rings is 1. The van der Waals surface area contributed by atoms with Crippen LogP contribution in [0.5, 0.6) is 0 Å². The summed E-state index contributed by atoms with van der Waals surface area (Å²) in [4.78, 5) is 20.1. The van der Waals surface area contributed by atoms with Crippen molar-refractivity contribution < 1.29 is 9.53 Å². The van der Waals surface area contributed by atoms with Gasteiger partial charge < -0.3 is 9.64 Å². The summed E-state index contributed by atoms with van der Waals surface area (Å²) < 4.78 is 5.45. The molecule has 2 heterocycles. The molecule has 0 saturated carbocycles. The van der Waals surface area contributed by atoms with E-state index in [0.29, 0.717) is 30.5 Å². The third kappa shape index (κ3) is 9.70. The number of hydrogen-bond acceptors (Lipinski definition) is 5. The van der Waals surface area contributed by atoms with Crippen molar-refractivity contribution in [1.29, 1.82) is 0 Å². The summed E-state index contributed by atoms with van der Waals surface area (Å²) in [5.74, 6) is 0.789. The summed E-state index contributed by atoms with van der Waals surface area (Å²) in [6.07, 6.45) is 8.50. The van der Waals surface area contributed by atoms with Crippen LogP contribution < -0.4 is 0 Å². The smallest absolute Gasteiger partial charge is 0.232 e. The molecule has 2 saturated heterocycles. The molecule has 0 aromatic heterocycles. The van der Waals surface area contributed by atoms with Gasteiger partial charge in [0.1, 0.15) is 0 Å². The zero-order chi connectivity index (χ0) is 29.7. The number of thioether (sulfide) groups is 1. The van der Waals surface area contributed by atoms with Crippen LogP contribution in [0.3, 0.4) is 0 Å². The third-order valence-corrected chi connectivity index (χ3v) is 9.90. The molecule has 0 radical (unpaired) electrons. The number of ether oxygens (including phenoxy) is 1. The van der Waals surface area contributed by atoms with Gasteiger partial charge in [0.2, 0.25) is 5.91 Å². The Balaban J connectivity index is 1.17. The van der Waals surface area contributed by atoms with E-state index < -0.39 is 0 Å². The van der Waals surface area contributed by atoms with Crippen molar-refractivity contribution in [2.45, 2.75) is 84.3 Å². The van der Waals surface area contributed by atoms with Crippen LogP contribution in [0.1, 0.15) is 75.3 Å². The van der Waals surface area contributed by atoms with Crippen LogP contribution in [0.25, 0.3) is 0 Å². The number of aryl methyl sites for hydroxylation is 3. The number of benzene rings is 2. The monoisotopic (exact) mass is 591 g/mol. The Morgan fingerprint density at radius 3 is 2.21 bits per heavy atom. The maximum Gasteiger partial charge on any atom is 0.232 e. The molecule has 2 aromatic rings. The fourth-order valence-electron chi connectivity index (χ4n) is 6.39. The Morgan fingerprint density at radius 1 is 0.952 bits per heavy atom. The Kier molecular flexibility index (Phi) is 13.5. The lowest BCUT2D eigenvalue weighted by molar-refractivity contribution is -0.130. The largest absolute Gasteiger partial charge is 0.377 e. The second-order valence-electron chi connectivity index (χ2n) is 12.0. The van der Waals surface area contributed by atoms with E-state index in [1.165, 1.54) is 22.3 Å². The van der Waals surface area contributed by atoms with Gasteiger partial charge in [-0.2, -0.15) is 0 Å².